The fourth-order valence-electron chi connectivity index (χ4n) is 0.308. The molecular formula is C4H12Cl2N2O2. The van der Waals surface area contributed by atoms with Crippen LogP contribution in [-0.2, 0) is 4.79 Å². The smallest absolute Gasteiger partial charge is 0.304 e. The first-order valence-electron chi connectivity index (χ1n) is 2.34. The van der Waals surface area contributed by atoms with Gasteiger partial charge in [0, 0.05) is 12.6 Å². The van der Waals surface area contributed by atoms with E-state index in [0.29, 0.717) is 0 Å². The number of carbonyl (C=O) groups is 1. The number of hydrogen-bond acceptors (Lipinski definition) is 3. The Labute approximate surface area is 71.8 Å². The van der Waals surface area contributed by atoms with Crippen molar-refractivity contribution < 1.29 is 9.90 Å². The Hall–Kier alpha value is -0.0300. The topological polar surface area (TPSA) is 89.3 Å². The summed E-state index contributed by atoms with van der Waals surface area (Å²) < 4.78 is 0. The monoisotopic (exact) mass is 190 g/mol. The number of carboxylic acid groups (broad SMARTS) is 1. The van der Waals surface area contributed by atoms with Crippen molar-refractivity contribution in [1.29, 1.82) is 0 Å². The molecule has 10 heavy (non-hydrogen) atoms. The van der Waals surface area contributed by atoms with E-state index in [0.717, 1.165) is 0 Å². The quantitative estimate of drug-likeness (QED) is 0.565. The molecule has 0 aromatic rings. The SMILES string of the molecule is Cl.Cl.NCC(N)CC(=O)O. The van der Waals surface area contributed by atoms with Crippen molar-refractivity contribution in [3.63, 3.8) is 0 Å². The minimum absolute atomic E-state index is 0. The van der Waals surface area contributed by atoms with E-state index in [-0.39, 0.29) is 37.8 Å². The third-order valence-electron chi connectivity index (χ3n) is 0.740. The molecule has 0 spiro atoms. The molecule has 0 amide bonds. The Kier molecular flexibility index (Phi) is 14.8. The highest BCUT2D eigenvalue weighted by atomic mass is 35.5. The van der Waals surface area contributed by atoms with Crippen LogP contribution in [0.3, 0.4) is 0 Å². The molecule has 0 bridgehead atoms. The predicted molar refractivity (Wildman–Crippen MR) is 43.8 cm³/mol. The van der Waals surface area contributed by atoms with E-state index in [1.807, 2.05) is 0 Å². The summed E-state index contributed by atoms with van der Waals surface area (Å²) in [6.07, 6.45) is -0.0451. The van der Waals surface area contributed by atoms with Crippen molar-refractivity contribution >= 4 is 30.8 Å². The molecule has 1 unspecified atom stereocenters. The van der Waals surface area contributed by atoms with Gasteiger partial charge >= 0.3 is 5.97 Å². The van der Waals surface area contributed by atoms with Crippen LogP contribution < -0.4 is 11.5 Å². The number of halogens is 2. The zero-order chi connectivity index (χ0) is 6.57. The summed E-state index contributed by atoms with van der Waals surface area (Å²) >= 11 is 0. The maximum Gasteiger partial charge on any atom is 0.304 e. The summed E-state index contributed by atoms with van der Waals surface area (Å²) in [5.74, 6) is -0.900. The van der Waals surface area contributed by atoms with Crippen LogP contribution >= 0.6 is 24.8 Å². The average Bonchev–Trinajstić information content (AvgIpc) is 1.65. The molecule has 0 aliphatic heterocycles. The van der Waals surface area contributed by atoms with Crippen molar-refractivity contribution in [2.45, 2.75) is 12.5 Å². The van der Waals surface area contributed by atoms with Gasteiger partial charge in [0.2, 0.25) is 0 Å². The molecule has 4 nitrogen and oxygen atoms in total. The average molecular weight is 191 g/mol. The van der Waals surface area contributed by atoms with E-state index in [1.165, 1.54) is 0 Å². The highest BCUT2D eigenvalue weighted by Crippen LogP contribution is 1.82. The number of hydrogen-bond donors (Lipinski definition) is 3. The molecule has 0 rings (SSSR count). The highest BCUT2D eigenvalue weighted by molar-refractivity contribution is 5.85. The van der Waals surface area contributed by atoms with Crippen LogP contribution in [0.2, 0.25) is 0 Å². The van der Waals surface area contributed by atoms with Gasteiger partial charge in [0.15, 0.2) is 0 Å². The van der Waals surface area contributed by atoms with Crippen LogP contribution in [0.5, 0.6) is 0 Å². The van der Waals surface area contributed by atoms with Crippen molar-refractivity contribution in [3.8, 4) is 0 Å². The van der Waals surface area contributed by atoms with Crippen LogP contribution in [0.15, 0.2) is 0 Å². The molecule has 0 fully saturated rings. The Bertz CT molecular complexity index is 91.3. The van der Waals surface area contributed by atoms with Gasteiger partial charge in [-0.3, -0.25) is 4.79 Å². The molecule has 0 radical (unpaired) electrons. The molecule has 6 heteroatoms. The van der Waals surface area contributed by atoms with Gasteiger partial charge in [0.25, 0.3) is 0 Å². The zero-order valence-corrected chi connectivity index (χ0v) is 6.95. The van der Waals surface area contributed by atoms with Gasteiger partial charge in [0.1, 0.15) is 0 Å². The first-order valence-corrected chi connectivity index (χ1v) is 2.34. The lowest BCUT2D eigenvalue weighted by molar-refractivity contribution is -0.137. The van der Waals surface area contributed by atoms with Crippen LogP contribution in [0.25, 0.3) is 0 Å². The molecule has 0 aliphatic rings. The molecule has 0 heterocycles. The van der Waals surface area contributed by atoms with Crippen LogP contribution in [-0.4, -0.2) is 23.7 Å². The van der Waals surface area contributed by atoms with Crippen LogP contribution in [0.1, 0.15) is 6.42 Å². The van der Waals surface area contributed by atoms with Gasteiger partial charge in [-0.05, 0) is 0 Å². The maximum absolute atomic E-state index is 9.83. The second-order valence-corrected chi connectivity index (χ2v) is 1.59. The predicted octanol–water partition coefficient (Wildman–Crippen LogP) is -0.409. The first-order chi connectivity index (χ1) is 3.66. The molecule has 0 aromatic carbocycles. The van der Waals surface area contributed by atoms with Gasteiger partial charge in [-0.15, -0.1) is 24.8 Å². The van der Waals surface area contributed by atoms with Crippen LogP contribution in [0, 0.1) is 0 Å². The number of rotatable bonds is 3. The highest BCUT2D eigenvalue weighted by Gasteiger charge is 2.03. The Morgan fingerprint density at radius 2 is 1.90 bits per heavy atom. The minimum Gasteiger partial charge on any atom is -0.481 e. The molecule has 64 valence electrons. The van der Waals surface area contributed by atoms with Crippen molar-refractivity contribution in [2.24, 2.45) is 11.5 Å². The number of aliphatic carboxylic acids is 1. The van der Waals surface area contributed by atoms with Crippen molar-refractivity contribution in [2.75, 3.05) is 6.54 Å². The largest absolute Gasteiger partial charge is 0.481 e. The molecule has 0 saturated carbocycles. The third-order valence-corrected chi connectivity index (χ3v) is 0.740. The van der Waals surface area contributed by atoms with Crippen molar-refractivity contribution in [1.82, 2.24) is 0 Å². The zero-order valence-electron chi connectivity index (χ0n) is 5.32. The lowest BCUT2D eigenvalue weighted by Gasteiger charge is -2.01. The Morgan fingerprint density at radius 3 is 2.00 bits per heavy atom. The Morgan fingerprint density at radius 1 is 1.50 bits per heavy atom. The fourth-order valence-corrected chi connectivity index (χ4v) is 0.308. The summed E-state index contributed by atoms with van der Waals surface area (Å²) in [4.78, 5) is 9.83. The standard InChI is InChI=1S/C4H10N2O2.2ClH/c5-2-3(6)1-4(7)8;;/h3H,1-2,5-6H2,(H,7,8);2*1H. The number of carboxylic acids is 1. The Balaban J connectivity index is -0.000000245. The van der Waals surface area contributed by atoms with Gasteiger partial charge in [-0.25, -0.2) is 0 Å². The molecule has 0 saturated heterocycles. The third kappa shape index (κ3) is 10.9. The molecule has 1 atom stereocenters. The second kappa shape index (κ2) is 8.97. The summed E-state index contributed by atoms with van der Waals surface area (Å²) in [7, 11) is 0. The summed E-state index contributed by atoms with van der Waals surface area (Å²) in [6.45, 7) is 0.228. The van der Waals surface area contributed by atoms with E-state index in [1.54, 1.807) is 0 Å². The lowest BCUT2D eigenvalue weighted by atomic mass is 10.2. The van der Waals surface area contributed by atoms with Gasteiger partial charge in [0.05, 0.1) is 6.42 Å². The minimum atomic E-state index is -0.900. The van der Waals surface area contributed by atoms with Gasteiger partial charge < -0.3 is 16.6 Å². The molecular weight excluding hydrogens is 179 g/mol. The summed E-state index contributed by atoms with van der Waals surface area (Å²) in [5, 5.41) is 8.08. The van der Waals surface area contributed by atoms with Gasteiger partial charge in [-0.2, -0.15) is 0 Å². The van der Waals surface area contributed by atoms with E-state index in [2.05, 4.69) is 0 Å². The van der Waals surface area contributed by atoms with E-state index < -0.39 is 12.0 Å². The second-order valence-electron chi connectivity index (χ2n) is 1.59. The summed E-state index contributed by atoms with van der Waals surface area (Å²) in [5.41, 5.74) is 10.2. The maximum atomic E-state index is 9.83. The fraction of sp³-hybridized carbons (Fsp3) is 0.750. The van der Waals surface area contributed by atoms with Crippen LogP contribution in [0.4, 0.5) is 0 Å². The van der Waals surface area contributed by atoms with E-state index in [9.17, 15) is 4.79 Å². The summed E-state index contributed by atoms with van der Waals surface area (Å²) in [6, 6.07) is -0.396. The van der Waals surface area contributed by atoms with E-state index in [4.69, 9.17) is 16.6 Å². The molecule has 0 aliphatic carbocycles. The van der Waals surface area contributed by atoms with E-state index >= 15 is 0 Å². The van der Waals surface area contributed by atoms with Crippen molar-refractivity contribution in [3.05, 3.63) is 0 Å². The normalized spacial score (nSPS) is 10.6. The lowest BCUT2D eigenvalue weighted by Crippen LogP contribution is -2.31. The molecule has 0 aromatic heterocycles. The first kappa shape index (κ1) is 16.5. The molecule has 5 N–H and O–H groups in total. The van der Waals surface area contributed by atoms with Gasteiger partial charge in [-0.1, -0.05) is 0 Å². The number of nitrogens with two attached hydrogens (primary N) is 2.